The SMILES string of the molecule is N#CC=CSCc1ccccc1. The maximum atomic E-state index is 8.21. The molecule has 1 aromatic carbocycles. The molecule has 12 heavy (non-hydrogen) atoms. The summed E-state index contributed by atoms with van der Waals surface area (Å²) in [6.07, 6.45) is 1.49. The molecule has 0 aliphatic heterocycles. The number of hydrogen-bond donors (Lipinski definition) is 0. The number of nitrogens with zero attached hydrogens (tertiary/aromatic N) is 1. The van der Waals surface area contributed by atoms with Crippen molar-refractivity contribution in [2.24, 2.45) is 0 Å². The van der Waals surface area contributed by atoms with E-state index in [0.717, 1.165) is 5.75 Å². The Morgan fingerprint density at radius 3 is 2.75 bits per heavy atom. The molecule has 0 atom stereocenters. The van der Waals surface area contributed by atoms with Gasteiger partial charge in [-0.05, 0) is 11.0 Å². The lowest BCUT2D eigenvalue weighted by Crippen LogP contribution is -1.75. The van der Waals surface area contributed by atoms with Crippen molar-refractivity contribution < 1.29 is 0 Å². The van der Waals surface area contributed by atoms with E-state index in [4.69, 9.17) is 5.26 Å². The first-order valence-electron chi connectivity index (χ1n) is 3.63. The van der Waals surface area contributed by atoms with Crippen molar-refractivity contribution in [2.75, 3.05) is 0 Å². The molecule has 0 saturated heterocycles. The largest absolute Gasteiger partial charge is 0.193 e. The molecule has 0 aromatic heterocycles. The van der Waals surface area contributed by atoms with E-state index < -0.39 is 0 Å². The summed E-state index contributed by atoms with van der Waals surface area (Å²) >= 11 is 1.63. The molecule has 0 bridgehead atoms. The highest BCUT2D eigenvalue weighted by atomic mass is 32.2. The Morgan fingerprint density at radius 2 is 2.08 bits per heavy atom. The lowest BCUT2D eigenvalue weighted by atomic mass is 10.2. The standard InChI is InChI=1S/C10H9NS/c11-7-4-8-12-9-10-5-2-1-3-6-10/h1-6,8H,9H2. The second-order valence-electron chi connectivity index (χ2n) is 2.23. The zero-order valence-corrected chi connectivity index (χ0v) is 7.42. The number of allylic oxidation sites excluding steroid dienone is 1. The average Bonchev–Trinajstić information content (AvgIpc) is 2.14. The van der Waals surface area contributed by atoms with Crippen molar-refractivity contribution in [1.82, 2.24) is 0 Å². The minimum atomic E-state index is 0.930. The fourth-order valence-corrected chi connectivity index (χ4v) is 1.44. The summed E-state index contributed by atoms with van der Waals surface area (Å²) in [5.74, 6) is 0.930. The molecule has 2 heteroatoms. The van der Waals surface area contributed by atoms with Gasteiger partial charge in [-0.2, -0.15) is 5.26 Å². The average molecular weight is 175 g/mol. The van der Waals surface area contributed by atoms with Crippen LogP contribution in [0.3, 0.4) is 0 Å². The van der Waals surface area contributed by atoms with Gasteiger partial charge in [-0.1, -0.05) is 30.3 Å². The van der Waals surface area contributed by atoms with E-state index in [1.165, 1.54) is 11.6 Å². The summed E-state index contributed by atoms with van der Waals surface area (Å²) in [6.45, 7) is 0. The Kier molecular flexibility index (Phi) is 4.04. The van der Waals surface area contributed by atoms with Crippen LogP contribution in [-0.2, 0) is 5.75 Å². The van der Waals surface area contributed by atoms with Crippen LogP contribution in [0.25, 0.3) is 0 Å². The summed E-state index contributed by atoms with van der Waals surface area (Å²) in [7, 11) is 0. The Balaban J connectivity index is 2.35. The first kappa shape index (κ1) is 8.89. The monoisotopic (exact) mass is 175 g/mol. The molecule has 0 aliphatic carbocycles. The summed E-state index contributed by atoms with van der Waals surface area (Å²) in [5, 5.41) is 10.0. The van der Waals surface area contributed by atoms with Gasteiger partial charge in [0.1, 0.15) is 0 Å². The van der Waals surface area contributed by atoms with E-state index in [1.54, 1.807) is 11.8 Å². The van der Waals surface area contributed by atoms with Crippen LogP contribution in [0, 0.1) is 11.3 Å². The Morgan fingerprint density at radius 1 is 1.33 bits per heavy atom. The van der Waals surface area contributed by atoms with Gasteiger partial charge < -0.3 is 0 Å². The molecule has 0 saturated carbocycles. The molecule has 0 spiro atoms. The highest BCUT2D eigenvalue weighted by molar-refractivity contribution is 8.01. The second kappa shape index (κ2) is 5.45. The minimum Gasteiger partial charge on any atom is -0.193 e. The first-order valence-corrected chi connectivity index (χ1v) is 4.68. The van der Waals surface area contributed by atoms with Gasteiger partial charge in [0.2, 0.25) is 0 Å². The number of rotatable bonds is 3. The molecular weight excluding hydrogens is 166 g/mol. The number of benzene rings is 1. The zero-order valence-electron chi connectivity index (χ0n) is 6.60. The second-order valence-corrected chi connectivity index (χ2v) is 3.12. The fraction of sp³-hybridized carbons (Fsp3) is 0.100. The van der Waals surface area contributed by atoms with E-state index in [1.807, 2.05) is 29.7 Å². The van der Waals surface area contributed by atoms with E-state index >= 15 is 0 Å². The molecule has 0 N–H and O–H groups in total. The number of nitriles is 1. The van der Waals surface area contributed by atoms with Crippen molar-refractivity contribution in [3.8, 4) is 6.07 Å². The van der Waals surface area contributed by atoms with Gasteiger partial charge in [0.05, 0.1) is 6.07 Å². The quantitative estimate of drug-likeness (QED) is 0.659. The molecule has 1 rings (SSSR count). The molecule has 60 valence electrons. The Hall–Kier alpha value is -1.20. The molecule has 0 heterocycles. The van der Waals surface area contributed by atoms with E-state index in [0.29, 0.717) is 0 Å². The van der Waals surface area contributed by atoms with Gasteiger partial charge in [-0.25, -0.2) is 0 Å². The first-order chi connectivity index (χ1) is 5.93. The minimum absolute atomic E-state index is 0.930. The van der Waals surface area contributed by atoms with Gasteiger partial charge in [0, 0.05) is 11.8 Å². The van der Waals surface area contributed by atoms with Gasteiger partial charge >= 0.3 is 0 Å². The predicted molar refractivity (Wildman–Crippen MR) is 52.5 cm³/mol. The zero-order chi connectivity index (χ0) is 8.65. The molecule has 0 amide bonds. The van der Waals surface area contributed by atoms with Crippen LogP contribution < -0.4 is 0 Å². The molecule has 0 fully saturated rings. The third-order valence-corrected chi connectivity index (χ3v) is 2.16. The van der Waals surface area contributed by atoms with Crippen LogP contribution in [0.2, 0.25) is 0 Å². The Bertz CT molecular complexity index is 284. The van der Waals surface area contributed by atoms with Crippen LogP contribution in [0.1, 0.15) is 5.56 Å². The van der Waals surface area contributed by atoms with Crippen LogP contribution in [0.4, 0.5) is 0 Å². The normalized spacial score (nSPS) is 9.92. The van der Waals surface area contributed by atoms with Crippen molar-refractivity contribution in [1.29, 1.82) is 5.26 Å². The van der Waals surface area contributed by atoms with E-state index in [9.17, 15) is 0 Å². The Labute approximate surface area is 76.7 Å². The maximum absolute atomic E-state index is 8.21. The van der Waals surface area contributed by atoms with Crippen LogP contribution in [0.15, 0.2) is 41.8 Å². The molecule has 0 unspecified atom stereocenters. The van der Waals surface area contributed by atoms with Gasteiger partial charge in [0.15, 0.2) is 0 Å². The van der Waals surface area contributed by atoms with Crippen molar-refractivity contribution >= 4 is 11.8 Å². The molecule has 1 aromatic rings. The predicted octanol–water partition coefficient (Wildman–Crippen LogP) is 2.96. The summed E-state index contributed by atoms with van der Waals surface area (Å²) < 4.78 is 0. The van der Waals surface area contributed by atoms with Crippen LogP contribution in [-0.4, -0.2) is 0 Å². The third kappa shape index (κ3) is 3.27. The van der Waals surface area contributed by atoms with Crippen LogP contribution in [0.5, 0.6) is 0 Å². The lowest BCUT2D eigenvalue weighted by molar-refractivity contribution is 1.42. The van der Waals surface area contributed by atoms with Gasteiger partial charge in [-0.15, -0.1) is 11.8 Å². The summed E-state index contributed by atoms with van der Waals surface area (Å²) in [4.78, 5) is 0. The third-order valence-electron chi connectivity index (χ3n) is 1.33. The number of hydrogen-bond acceptors (Lipinski definition) is 2. The fourth-order valence-electron chi connectivity index (χ4n) is 0.797. The molecule has 1 nitrogen and oxygen atoms in total. The molecule has 0 radical (unpaired) electrons. The van der Waals surface area contributed by atoms with Crippen molar-refractivity contribution in [3.05, 3.63) is 47.4 Å². The lowest BCUT2D eigenvalue weighted by Gasteiger charge is -1.94. The molecular formula is C10H9NS. The molecule has 0 aliphatic rings. The van der Waals surface area contributed by atoms with Gasteiger partial charge in [-0.3, -0.25) is 0 Å². The van der Waals surface area contributed by atoms with E-state index in [2.05, 4.69) is 12.1 Å². The highest BCUT2D eigenvalue weighted by Crippen LogP contribution is 2.11. The topological polar surface area (TPSA) is 23.8 Å². The van der Waals surface area contributed by atoms with Crippen molar-refractivity contribution in [2.45, 2.75) is 5.75 Å². The maximum Gasteiger partial charge on any atom is 0.0917 e. The summed E-state index contributed by atoms with van der Waals surface area (Å²) in [6, 6.07) is 12.1. The van der Waals surface area contributed by atoms with Gasteiger partial charge in [0.25, 0.3) is 0 Å². The van der Waals surface area contributed by atoms with Crippen molar-refractivity contribution in [3.63, 3.8) is 0 Å². The smallest absolute Gasteiger partial charge is 0.0917 e. The number of thioether (sulfide) groups is 1. The van der Waals surface area contributed by atoms with Crippen LogP contribution >= 0.6 is 11.8 Å². The highest BCUT2D eigenvalue weighted by Gasteiger charge is 1.87. The summed E-state index contributed by atoms with van der Waals surface area (Å²) in [5.41, 5.74) is 1.28. The van der Waals surface area contributed by atoms with E-state index in [-0.39, 0.29) is 0 Å².